The van der Waals surface area contributed by atoms with Crippen molar-refractivity contribution in [3.05, 3.63) is 34.4 Å². The fourth-order valence-electron chi connectivity index (χ4n) is 1.70. The maximum Gasteiger partial charge on any atom is 0.326 e. The molecule has 1 aliphatic carbocycles. The van der Waals surface area contributed by atoms with E-state index >= 15 is 0 Å². The van der Waals surface area contributed by atoms with E-state index in [4.69, 9.17) is 5.11 Å². The Kier molecular flexibility index (Phi) is 2.95. The average Bonchev–Trinajstić information content (AvgIpc) is 3.09. The average molecular weight is 236 g/mol. The van der Waals surface area contributed by atoms with Gasteiger partial charge >= 0.3 is 5.97 Å². The molecular weight excluding hydrogens is 224 g/mol. The van der Waals surface area contributed by atoms with Gasteiger partial charge in [-0.2, -0.15) is 0 Å². The molecule has 6 heteroatoms. The Balaban J connectivity index is 2.14. The Bertz CT molecular complexity index is 457. The van der Waals surface area contributed by atoms with Crippen LogP contribution < -0.4 is 5.32 Å². The van der Waals surface area contributed by atoms with Gasteiger partial charge in [0.1, 0.15) is 6.04 Å². The number of non-ortho nitro benzene ring substituents is 1. The number of nitro benzene ring substituents is 1. The van der Waals surface area contributed by atoms with E-state index in [9.17, 15) is 14.9 Å². The van der Waals surface area contributed by atoms with Crippen LogP contribution in [-0.4, -0.2) is 22.0 Å². The number of nitrogens with one attached hydrogen (secondary N) is 1. The second-order valence-corrected chi connectivity index (χ2v) is 4.11. The van der Waals surface area contributed by atoms with E-state index in [0.29, 0.717) is 5.69 Å². The van der Waals surface area contributed by atoms with Gasteiger partial charge < -0.3 is 10.4 Å². The van der Waals surface area contributed by atoms with Gasteiger partial charge in [-0.25, -0.2) is 4.79 Å². The van der Waals surface area contributed by atoms with Crippen molar-refractivity contribution in [2.45, 2.75) is 18.9 Å². The molecule has 17 heavy (non-hydrogen) atoms. The first-order valence-electron chi connectivity index (χ1n) is 5.32. The van der Waals surface area contributed by atoms with Crippen molar-refractivity contribution in [2.75, 3.05) is 5.32 Å². The molecular formula is C11H12N2O4. The van der Waals surface area contributed by atoms with E-state index in [1.54, 1.807) is 6.07 Å². The number of nitro groups is 1. The number of aliphatic carboxylic acids is 1. The highest BCUT2D eigenvalue weighted by Gasteiger charge is 2.36. The molecule has 0 saturated heterocycles. The van der Waals surface area contributed by atoms with E-state index < -0.39 is 16.9 Å². The Hall–Kier alpha value is -2.11. The molecule has 1 unspecified atom stereocenters. The standard InChI is InChI=1S/C11H12N2O4/c14-11(15)10(7-4-5-7)12-8-2-1-3-9(6-8)13(16)17/h1-3,6-7,10,12H,4-5H2,(H,14,15). The first kappa shape index (κ1) is 11.4. The molecule has 0 spiro atoms. The summed E-state index contributed by atoms with van der Waals surface area (Å²) >= 11 is 0. The lowest BCUT2D eigenvalue weighted by molar-refractivity contribution is -0.384. The molecule has 1 aromatic carbocycles. The van der Waals surface area contributed by atoms with Crippen LogP contribution in [-0.2, 0) is 4.79 Å². The number of benzene rings is 1. The minimum absolute atomic E-state index is 0.0464. The number of carboxylic acids is 1. The molecule has 1 fully saturated rings. The summed E-state index contributed by atoms with van der Waals surface area (Å²) in [5, 5.41) is 22.4. The predicted octanol–water partition coefficient (Wildman–Crippen LogP) is 1.87. The highest BCUT2D eigenvalue weighted by Crippen LogP contribution is 2.34. The summed E-state index contributed by atoms with van der Waals surface area (Å²) in [5.41, 5.74) is 0.424. The maximum atomic E-state index is 11.0. The van der Waals surface area contributed by atoms with E-state index in [2.05, 4.69) is 5.32 Å². The second-order valence-electron chi connectivity index (χ2n) is 4.11. The summed E-state index contributed by atoms with van der Waals surface area (Å²) in [6.07, 6.45) is 1.78. The molecule has 2 N–H and O–H groups in total. The van der Waals surface area contributed by atoms with Crippen molar-refractivity contribution in [3.63, 3.8) is 0 Å². The molecule has 1 atom stereocenters. The maximum absolute atomic E-state index is 11.0. The summed E-state index contributed by atoms with van der Waals surface area (Å²) in [6.45, 7) is 0. The molecule has 0 heterocycles. The molecule has 90 valence electrons. The lowest BCUT2D eigenvalue weighted by atomic mass is 10.1. The highest BCUT2D eigenvalue weighted by molar-refractivity contribution is 5.78. The van der Waals surface area contributed by atoms with Gasteiger partial charge in [-0.1, -0.05) is 6.07 Å². The molecule has 0 aliphatic heterocycles. The molecule has 1 aliphatic rings. The van der Waals surface area contributed by atoms with Gasteiger partial charge in [0.05, 0.1) is 4.92 Å². The first-order chi connectivity index (χ1) is 8.08. The van der Waals surface area contributed by atoms with Crippen LogP contribution in [0.15, 0.2) is 24.3 Å². The fraction of sp³-hybridized carbons (Fsp3) is 0.364. The van der Waals surface area contributed by atoms with Gasteiger partial charge in [-0.15, -0.1) is 0 Å². The fourth-order valence-corrected chi connectivity index (χ4v) is 1.70. The van der Waals surface area contributed by atoms with Crippen LogP contribution in [0.1, 0.15) is 12.8 Å². The molecule has 0 radical (unpaired) electrons. The van der Waals surface area contributed by atoms with Crippen LogP contribution in [0.5, 0.6) is 0 Å². The Morgan fingerprint density at radius 1 is 1.53 bits per heavy atom. The number of carboxylic acid groups (broad SMARTS) is 1. The summed E-state index contributed by atoms with van der Waals surface area (Å²) in [6, 6.07) is 5.23. The van der Waals surface area contributed by atoms with E-state index in [1.165, 1.54) is 18.2 Å². The monoisotopic (exact) mass is 236 g/mol. The van der Waals surface area contributed by atoms with Crippen LogP contribution in [0.4, 0.5) is 11.4 Å². The molecule has 1 aromatic rings. The predicted molar refractivity (Wildman–Crippen MR) is 60.9 cm³/mol. The molecule has 0 aromatic heterocycles. The number of anilines is 1. The summed E-state index contributed by atoms with van der Waals surface area (Å²) in [7, 11) is 0. The Labute approximate surface area is 97.4 Å². The third kappa shape index (κ3) is 2.72. The Morgan fingerprint density at radius 2 is 2.24 bits per heavy atom. The van der Waals surface area contributed by atoms with Crippen molar-refractivity contribution in [1.29, 1.82) is 0 Å². The quantitative estimate of drug-likeness (QED) is 0.601. The van der Waals surface area contributed by atoms with E-state index in [1.807, 2.05) is 0 Å². The number of rotatable bonds is 5. The number of nitrogens with zero attached hydrogens (tertiary/aromatic N) is 1. The van der Waals surface area contributed by atoms with E-state index in [-0.39, 0.29) is 11.6 Å². The zero-order valence-corrected chi connectivity index (χ0v) is 9.00. The van der Waals surface area contributed by atoms with Crippen molar-refractivity contribution in [3.8, 4) is 0 Å². The van der Waals surface area contributed by atoms with Crippen molar-refractivity contribution in [2.24, 2.45) is 5.92 Å². The SMILES string of the molecule is O=C(O)C(Nc1cccc([N+](=O)[O-])c1)C1CC1. The molecule has 0 bridgehead atoms. The van der Waals surface area contributed by atoms with Crippen molar-refractivity contribution in [1.82, 2.24) is 0 Å². The van der Waals surface area contributed by atoms with Crippen LogP contribution in [0.2, 0.25) is 0 Å². The summed E-state index contributed by atoms with van der Waals surface area (Å²) < 4.78 is 0. The Morgan fingerprint density at radius 3 is 2.76 bits per heavy atom. The minimum atomic E-state index is -0.918. The van der Waals surface area contributed by atoms with Gasteiger partial charge in [0.15, 0.2) is 0 Å². The smallest absolute Gasteiger partial charge is 0.326 e. The van der Waals surface area contributed by atoms with Gasteiger partial charge in [0, 0.05) is 17.8 Å². The van der Waals surface area contributed by atoms with Crippen LogP contribution in [0.25, 0.3) is 0 Å². The molecule has 6 nitrogen and oxygen atoms in total. The largest absolute Gasteiger partial charge is 0.480 e. The zero-order chi connectivity index (χ0) is 12.4. The van der Waals surface area contributed by atoms with Gasteiger partial charge in [-0.3, -0.25) is 10.1 Å². The molecule has 1 saturated carbocycles. The lowest BCUT2D eigenvalue weighted by Crippen LogP contribution is -2.31. The van der Waals surface area contributed by atoms with Crippen molar-refractivity contribution < 1.29 is 14.8 Å². The number of carbonyl (C=O) groups is 1. The van der Waals surface area contributed by atoms with Gasteiger partial charge in [0.2, 0.25) is 0 Å². The molecule has 2 rings (SSSR count). The second kappa shape index (κ2) is 4.40. The van der Waals surface area contributed by atoms with Crippen LogP contribution in [0, 0.1) is 16.0 Å². The minimum Gasteiger partial charge on any atom is -0.480 e. The third-order valence-electron chi connectivity index (χ3n) is 2.74. The van der Waals surface area contributed by atoms with Gasteiger partial charge in [0.25, 0.3) is 5.69 Å². The highest BCUT2D eigenvalue weighted by atomic mass is 16.6. The number of hydrogen-bond acceptors (Lipinski definition) is 4. The topological polar surface area (TPSA) is 92.5 Å². The number of hydrogen-bond donors (Lipinski definition) is 2. The summed E-state index contributed by atoms with van der Waals surface area (Å²) in [4.78, 5) is 21.1. The van der Waals surface area contributed by atoms with Crippen LogP contribution in [0.3, 0.4) is 0 Å². The zero-order valence-electron chi connectivity index (χ0n) is 9.00. The first-order valence-corrected chi connectivity index (χ1v) is 5.32. The molecule has 0 amide bonds. The van der Waals surface area contributed by atoms with Gasteiger partial charge in [-0.05, 0) is 24.8 Å². The summed E-state index contributed by atoms with van der Waals surface area (Å²) in [5.74, 6) is -0.786. The third-order valence-corrected chi connectivity index (χ3v) is 2.74. The van der Waals surface area contributed by atoms with Crippen LogP contribution >= 0.6 is 0 Å². The van der Waals surface area contributed by atoms with Crippen molar-refractivity contribution >= 4 is 17.3 Å². The lowest BCUT2D eigenvalue weighted by Gasteiger charge is -2.14. The van der Waals surface area contributed by atoms with E-state index in [0.717, 1.165) is 12.8 Å². The normalized spacial score (nSPS) is 16.2.